The Kier molecular flexibility index (Phi) is 9.62. The van der Waals surface area contributed by atoms with E-state index in [4.69, 9.17) is 9.72 Å². The number of thioether (sulfide) groups is 1. The SMILES string of the molecule is CCSc1cccc(C(=O)N(CCCN(C)C)c2nc3c(OC)ccc(C)c3s2)c1.Cl. The molecule has 0 aliphatic carbocycles. The van der Waals surface area contributed by atoms with Crippen LogP contribution in [0.15, 0.2) is 41.3 Å². The standard InChI is InChI=1S/C23H29N3O2S2.ClH/c1-6-29-18-10-7-9-17(15-18)22(27)26(14-8-13-25(3)4)23-24-20-19(28-5)12-11-16(2)21(20)30-23;/h7,9-12,15H,6,8,13-14H2,1-5H3;1H. The molecule has 3 aromatic rings. The molecule has 0 saturated carbocycles. The van der Waals surface area contributed by atoms with Gasteiger partial charge < -0.3 is 9.64 Å². The highest BCUT2D eigenvalue weighted by atomic mass is 35.5. The number of thiazole rings is 1. The number of carbonyl (C=O) groups is 1. The van der Waals surface area contributed by atoms with Gasteiger partial charge in [-0.2, -0.15) is 0 Å². The van der Waals surface area contributed by atoms with E-state index in [2.05, 4.69) is 18.7 Å². The minimum absolute atomic E-state index is 0. The van der Waals surface area contributed by atoms with Crippen molar-refractivity contribution < 1.29 is 9.53 Å². The fraction of sp³-hybridized carbons (Fsp3) is 0.391. The Morgan fingerprint density at radius 1 is 1.19 bits per heavy atom. The maximum Gasteiger partial charge on any atom is 0.260 e. The number of aryl methyl sites for hydroxylation is 1. The third-order valence-corrected chi connectivity index (χ3v) is 6.86. The Bertz CT molecular complexity index is 1020. The number of hydrogen-bond donors (Lipinski definition) is 0. The van der Waals surface area contributed by atoms with Crippen molar-refractivity contribution in [1.29, 1.82) is 0 Å². The number of methoxy groups -OCH3 is 1. The van der Waals surface area contributed by atoms with Crippen molar-refractivity contribution in [3.8, 4) is 5.75 Å². The first kappa shape index (κ1) is 25.5. The largest absolute Gasteiger partial charge is 0.494 e. The highest BCUT2D eigenvalue weighted by Gasteiger charge is 2.23. The molecule has 31 heavy (non-hydrogen) atoms. The summed E-state index contributed by atoms with van der Waals surface area (Å²) >= 11 is 3.29. The number of halogens is 1. The monoisotopic (exact) mass is 479 g/mol. The molecular formula is C23H30ClN3O2S2. The molecule has 0 radical (unpaired) electrons. The van der Waals surface area contributed by atoms with Crippen LogP contribution in [0.4, 0.5) is 5.13 Å². The second-order valence-electron chi connectivity index (χ2n) is 7.33. The van der Waals surface area contributed by atoms with E-state index in [9.17, 15) is 4.79 Å². The number of benzene rings is 2. The van der Waals surface area contributed by atoms with Crippen LogP contribution in [0.1, 0.15) is 29.3 Å². The smallest absolute Gasteiger partial charge is 0.260 e. The first-order valence-corrected chi connectivity index (χ1v) is 11.9. The molecule has 0 aliphatic heterocycles. The zero-order chi connectivity index (χ0) is 21.7. The van der Waals surface area contributed by atoms with Gasteiger partial charge in [-0.15, -0.1) is 24.2 Å². The van der Waals surface area contributed by atoms with Crippen molar-refractivity contribution in [2.75, 3.05) is 44.9 Å². The van der Waals surface area contributed by atoms with E-state index >= 15 is 0 Å². The van der Waals surface area contributed by atoms with Gasteiger partial charge in [-0.25, -0.2) is 4.98 Å². The summed E-state index contributed by atoms with van der Waals surface area (Å²) in [7, 11) is 5.74. The molecule has 0 atom stereocenters. The van der Waals surface area contributed by atoms with Crippen molar-refractivity contribution in [3.63, 3.8) is 0 Å². The van der Waals surface area contributed by atoms with Gasteiger partial charge in [0.2, 0.25) is 0 Å². The summed E-state index contributed by atoms with van der Waals surface area (Å²) in [5.41, 5.74) is 2.65. The molecule has 0 saturated heterocycles. The van der Waals surface area contributed by atoms with Crippen molar-refractivity contribution in [1.82, 2.24) is 9.88 Å². The van der Waals surface area contributed by atoms with Gasteiger partial charge in [0.25, 0.3) is 5.91 Å². The van der Waals surface area contributed by atoms with Gasteiger partial charge in [-0.05, 0) is 69.6 Å². The van der Waals surface area contributed by atoms with Gasteiger partial charge in [0, 0.05) is 17.0 Å². The quantitative estimate of drug-likeness (QED) is 0.366. The minimum atomic E-state index is -0.0111. The number of aromatic nitrogens is 1. The maximum atomic E-state index is 13.5. The molecule has 5 nitrogen and oxygen atoms in total. The Balaban J connectivity index is 0.00000341. The zero-order valence-electron chi connectivity index (χ0n) is 18.7. The van der Waals surface area contributed by atoms with Gasteiger partial charge >= 0.3 is 0 Å². The topological polar surface area (TPSA) is 45.7 Å². The predicted octanol–water partition coefficient (Wildman–Crippen LogP) is 5.75. The minimum Gasteiger partial charge on any atom is -0.494 e. The summed E-state index contributed by atoms with van der Waals surface area (Å²) < 4.78 is 6.57. The lowest BCUT2D eigenvalue weighted by atomic mass is 10.2. The predicted molar refractivity (Wildman–Crippen MR) is 136 cm³/mol. The lowest BCUT2D eigenvalue weighted by Crippen LogP contribution is -2.33. The molecule has 168 valence electrons. The average Bonchev–Trinajstić information content (AvgIpc) is 3.17. The Morgan fingerprint density at radius 2 is 1.97 bits per heavy atom. The van der Waals surface area contributed by atoms with Crippen LogP contribution in [0, 0.1) is 6.92 Å². The van der Waals surface area contributed by atoms with Gasteiger partial charge in [0.15, 0.2) is 5.13 Å². The molecule has 1 amide bonds. The molecule has 0 N–H and O–H groups in total. The molecule has 0 bridgehead atoms. The molecule has 3 rings (SSSR count). The van der Waals surface area contributed by atoms with Crippen LogP contribution in [-0.4, -0.2) is 55.8 Å². The summed E-state index contributed by atoms with van der Waals surface area (Å²) in [6.45, 7) is 5.70. The Labute approximate surface area is 199 Å². The number of carbonyl (C=O) groups excluding carboxylic acids is 1. The number of anilines is 1. The van der Waals surface area contributed by atoms with E-state index in [1.54, 1.807) is 30.2 Å². The normalized spacial score (nSPS) is 10.9. The molecule has 1 heterocycles. The van der Waals surface area contributed by atoms with Gasteiger partial charge in [-0.1, -0.05) is 30.4 Å². The van der Waals surface area contributed by atoms with Crippen LogP contribution < -0.4 is 9.64 Å². The number of nitrogens with zero attached hydrogens (tertiary/aromatic N) is 3. The lowest BCUT2D eigenvalue weighted by Gasteiger charge is -2.21. The molecule has 0 fully saturated rings. The fourth-order valence-electron chi connectivity index (χ4n) is 3.25. The van der Waals surface area contributed by atoms with Gasteiger partial charge in [0.05, 0.1) is 11.8 Å². The molecule has 2 aromatic carbocycles. The van der Waals surface area contributed by atoms with Crippen LogP contribution in [0.25, 0.3) is 10.2 Å². The number of ether oxygens (including phenoxy) is 1. The summed E-state index contributed by atoms with van der Waals surface area (Å²) in [6, 6.07) is 11.8. The number of rotatable bonds is 9. The summed E-state index contributed by atoms with van der Waals surface area (Å²) in [6.07, 6.45) is 0.869. The van der Waals surface area contributed by atoms with Crippen molar-refractivity contribution in [3.05, 3.63) is 47.5 Å². The van der Waals surface area contributed by atoms with Crippen LogP contribution in [0.3, 0.4) is 0 Å². The second-order valence-corrected chi connectivity index (χ2v) is 9.65. The highest BCUT2D eigenvalue weighted by molar-refractivity contribution is 7.99. The van der Waals surface area contributed by atoms with E-state index in [0.717, 1.165) is 50.3 Å². The van der Waals surface area contributed by atoms with Crippen molar-refractivity contribution in [2.24, 2.45) is 0 Å². The third kappa shape index (κ3) is 6.13. The molecule has 0 spiro atoms. The molecular weight excluding hydrogens is 450 g/mol. The first-order chi connectivity index (χ1) is 14.4. The van der Waals surface area contributed by atoms with Crippen molar-refractivity contribution in [2.45, 2.75) is 25.2 Å². The van der Waals surface area contributed by atoms with Gasteiger partial charge in [0.1, 0.15) is 11.3 Å². The summed E-state index contributed by atoms with van der Waals surface area (Å²) in [5.74, 6) is 1.70. The van der Waals surface area contributed by atoms with Crippen LogP contribution in [0.2, 0.25) is 0 Å². The van der Waals surface area contributed by atoms with Crippen LogP contribution >= 0.6 is 35.5 Å². The van der Waals surface area contributed by atoms with Crippen LogP contribution in [-0.2, 0) is 0 Å². The Morgan fingerprint density at radius 3 is 2.65 bits per heavy atom. The molecule has 1 aromatic heterocycles. The average molecular weight is 480 g/mol. The van der Waals surface area contributed by atoms with E-state index in [1.165, 1.54) is 0 Å². The highest BCUT2D eigenvalue weighted by Crippen LogP contribution is 2.37. The first-order valence-electron chi connectivity index (χ1n) is 10.1. The van der Waals surface area contributed by atoms with E-state index in [-0.39, 0.29) is 18.3 Å². The summed E-state index contributed by atoms with van der Waals surface area (Å²) in [4.78, 5) is 23.4. The molecule has 8 heteroatoms. The van der Waals surface area contributed by atoms with E-state index < -0.39 is 0 Å². The number of fused-ring (bicyclic) bond motifs is 1. The van der Waals surface area contributed by atoms with E-state index in [0.29, 0.717) is 12.1 Å². The second kappa shape index (κ2) is 11.7. The Hall–Kier alpha value is -1.80. The molecule has 0 aliphatic rings. The van der Waals surface area contributed by atoms with Crippen LogP contribution in [0.5, 0.6) is 5.75 Å². The van der Waals surface area contributed by atoms with Crippen molar-refractivity contribution >= 4 is 56.8 Å². The number of amides is 1. The third-order valence-electron chi connectivity index (χ3n) is 4.77. The number of hydrogen-bond acceptors (Lipinski definition) is 6. The van der Waals surface area contributed by atoms with Gasteiger partial charge in [-0.3, -0.25) is 9.69 Å². The molecule has 0 unspecified atom stereocenters. The maximum absolute atomic E-state index is 13.5. The lowest BCUT2D eigenvalue weighted by molar-refractivity contribution is 0.0986. The summed E-state index contributed by atoms with van der Waals surface area (Å²) in [5, 5.41) is 0.718. The van der Waals surface area contributed by atoms with E-state index in [1.807, 2.05) is 55.4 Å². The fourth-order valence-corrected chi connectivity index (χ4v) is 5.04. The zero-order valence-corrected chi connectivity index (χ0v) is 21.1.